The molecule has 269 valence electrons. The number of fused-ring (bicyclic) bond motifs is 3. The molecule has 0 amide bonds. The third-order valence-electron chi connectivity index (χ3n) is 9.64. The van der Waals surface area contributed by atoms with Gasteiger partial charge in [-0.25, -0.2) is 4.98 Å². The van der Waals surface area contributed by atoms with Crippen molar-refractivity contribution < 1.29 is 24.5 Å². The van der Waals surface area contributed by atoms with E-state index in [0.29, 0.717) is 17.5 Å². The molecule has 1 radical (unpaired) electrons. The quantitative estimate of drug-likeness (QED) is 0.118. The van der Waals surface area contributed by atoms with Gasteiger partial charge in [-0.2, -0.15) is 0 Å². The maximum absolute atomic E-state index is 5.98. The Bertz CT molecular complexity index is 2250. The van der Waals surface area contributed by atoms with Crippen molar-refractivity contribution in [3.05, 3.63) is 133 Å². The van der Waals surface area contributed by atoms with Crippen molar-refractivity contribution >= 4 is 35.3 Å². The van der Waals surface area contributed by atoms with Crippen molar-refractivity contribution in [3.63, 3.8) is 0 Å². The summed E-state index contributed by atoms with van der Waals surface area (Å²) in [4.78, 5) is 13.9. The summed E-state index contributed by atoms with van der Waals surface area (Å²) in [6.07, 6.45) is 7.00. The minimum atomic E-state index is -1.34. The van der Waals surface area contributed by atoms with E-state index in [1.807, 2.05) is 54.9 Å². The summed E-state index contributed by atoms with van der Waals surface area (Å²) in [5.74, 6) is 1.09. The molecule has 1 unspecified atom stereocenters. The largest absolute Gasteiger partial charge is 0.486 e. The number of benzene rings is 3. The van der Waals surface area contributed by atoms with Crippen LogP contribution in [0.4, 0.5) is 0 Å². The number of pyridine rings is 3. The van der Waals surface area contributed by atoms with E-state index in [2.05, 4.69) is 143 Å². The number of furan rings is 1. The van der Waals surface area contributed by atoms with Crippen LogP contribution in [0.1, 0.15) is 58.6 Å². The molecule has 6 heteroatoms. The van der Waals surface area contributed by atoms with Gasteiger partial charge < -0.3 is 14.4 Å². The van der Waals surface area contributed by atoms with Gasteiger partial charge in [-0.15, -0.1) is 59.7 Å². The van der Waals surface area contributed by atoms with Crippen molar-refractivity contribution in [1.82, 2.24) is 15.0 Å². The Morgan fingerprint density at radius 1 is 0.731 bits per heavy atom. The summed E-state index contributed by atoms with van der Waals surface area (Å²) in [6.45, 7) is 20.8. The van der Waals surface area contributed by atoms with E-state index in [0.717, 1.165) is 56.4 Å². The van der Waals surface area contributed by atoms with Crippen molar-refractivity contribution in [2.75, 3.05) is 0 Å². The van der Waals surface area contributed by atoms with E-state index in [1.54, 1.807) is 0 Å². The van der Waals surface area contributed by atoms with Crippen LogP contribution in [0.5, 0.6) is 0 Å². The van der Waals surface area contributed by atoms with E-state index < -0.39 is 8.07 Å². The number of hydrogen-bond donors (Lipinski definition) is 0. The molecular formula is C46H49IrN3OSi-2. The second-order valence-corrected chi connectivity index (χ2v) is 21.1. The van der Waals surface area contributed by atoms with Crippen LogP contribution in [0.3, 0.4) is 0 Å². The zero-order valence-corrected chi connectivity index (χ0v) is 35.2. The van der Waals surface area contributed by atoms with Crippen molar-refractivity contribution in [2.45, 2.75) is 73.5 Å². The van der Waals surface area contributed by atoms with Crippen LogP contribution in [0.2, 0.25) is 19.6 Å². The average Bonchev–Trinajstić information content (AvgIpc) is 3.48. The zero-order valence-electron chi connectivity index (χ0n) is 31.8. The first kappa shape index (κ1) is 39.0. The van der Waals surface area contributed by atoms with Crippen LogP contribution in [-0.2, 0) is 26.5 Å². The van der Waals surface area contributed by atoms with Crippen molar-refractivity contribution in [1.29, 1.82) is 0 Å². The molecule has 0 saturated heterocycles. The second-order valence-electron chi connectivity index (χ2n) is 16.1. The molecule has 0 fully saturated rings. The minimum Gasteiger partial charge on any atom is -0.486 e. The third kappa shape index (κ3) is 9.04. The van der Waals surface area contributed by atoms with E-state index in [4.69, 9.17) is 4.42 Å². The van der Waals surface area contributed by atoms with Gasteiger partial charge in [-0.05, 0) is 57.9 Å². The fourth-order valence-electron chi connectivity index (χ4n) is 6.38. The first-order valence-corrected chi connectivity index (χ1v) is 21.5. The Balaban J connectivity index is 0.000000217. The Morgan fingerprint density at radius 2 is 1.46 bits per heavy atom. The minimum absolute atomic E-state index is 0. The summed E-state index contributed by atoms with van der Waals surface area (Å²) < 4.78 is 5.98. The summed E-state index contributed by atoms with van der Waals surface area (Å²) >= 11 is 0. The van der Waals surface area contributed by atoms with Gasteiger partial charge in [0.1, 0.15) is 0 Å². The van der Waals surface area contributed by atoms with E-state index in [1.165, 1.54) is 16.3 Å². The van der Waals surface area contributed by atoms with Gasteiger partial charge in [0, 0.05) is 49.6 Å². The van der Waals surface area contributed by atoms with E-state index in [9.17, 15) is 0 Å². The molecule has 4 nitrogen and oxygen atoms in total. The molecule has 7 rings (SSSR count). The molecule has 0 spiro atoms. The first-order chi connectivity index (χ1) is 24.3. The molecule has 0 aliphatic rings. The molecule has 0 N–H and O–H groups in total. The van der Waals surface area contributed by atoms with Gasteiger partial charge in [-0.1, -0.05) is 120 Å². The normalized spacial score (nSPS) is 12.3. The molecule has 0 bridgehead atoms. The van der Waals surface area contributed by atoms with Crippen LogP contribution in [-0.4, -0.2) is 23.0 Å². The topological polar surface area (TPSA) is 51.8 Å². The Kier molecular flexibility index (Phi) is 12.2. The van der Waals surface area contributed by atoms with Crippen LogP contribution in [0.25, 0.3) is 55.7 Å². The Labute approximate surface area is 324 Å². The molecule has 0 aliphatic carbocycles. The van der Waals surface area contributed by atoms with E-state index >= 15 is 0 Å². The van der Waals surface area contributed by atoms with Crippen molar-refractivity contribution in [2.24, 2.45) is 11.3 Å². The maximum atomic E-state index is 5.98. The summed E-state index contributed by atoms with van der Waals surface area (Å²) in [7, 11) is -1.34. The molecular weight excluding hydrogens is 831 g/mol. The van der Waals surface area contributed by atoms with Crippen molar-refractivity contribution in [3.8, 4) is 33.6 Å². The fraction of sp³-hybridized carbons (Fsp3) is 0.283. The number of hydrogen-bond acceptors (Lipinski definition) is 4. The van der Waals surface area contributed by atoms with Gasteiger partial charge in [-0.3, -0.25) is 0 Å². The zero-order chi connectivity index (χ0) is 36.3. The SMILES string of the molecule is CC(C)Cc1cc(-c2[c-]cccc2)ncc1[Si](C)(C)C.CC(c1ccnc(-c2[c-]cc3oc4ncc(-c5ccccc5)cc4c3c2)c1)C(C)(C)C.[Ir]. The fourth-order valence-corrected chi connectivity index (χ4v) is 7.97. The molecule has 1 atom stereocenters. The summed E-state index contributed by atoms with van der Waals surface area (Å²) in [5.41, 5.74) is 10.6. The van der Waals surface area contributed by atoms with Gasteiger partial charge >= 0.3 is 0 Å². The molecule has 52 heavy (non-hydrogen) atoms. The van der Waals surface area contributed by atoms with Gasteiger partial charge in [0.2, 0.25) is 5.71 Å². The Hall–Kier alpha value is -4.22. The molecule has 0 aliphatic heterocycles. The monoisotopic (exact) mass is 880 g/mol. The summed E-state index contributed by atoms with van der Waals surface area (Å²) in [6, 6.07) is 37.7. The molecule has 4 heterocycles. The second kappa shape index (κ2) is 16.2. The van der Waals surface area contributed by atoms with Gasteiger partial charge in [0.25, 0.3) is 0 Å². The maximum Gasteiger partial charge on any atom is 0.216 e. The average molecular weight is 880 g/mol. The number of nitrogens with zero attached hydrogens (tertiary/aromatic N) is 3. The van der Waals surface area contributed by atoms with Gasteiger partial charge in [0.05, 0.1) is 13.7 Å². The Morgan fingerprint density at radius 3 is 2.13 bits per heavy atom. The van der Waals surface area contributed by atoms with Crippen LogP contribution in [0.15, 0.2) is 114 Å². The molecule has 4 aromatic heterocycles. The molecule has 7 aromatic rings. The number of rotatable bonds is 7. The molecule has 3 aromatic carbocycles. The first-order valence-electron chi connectivity index (χ1n) is 18.0. The number of aromatic nitrogens is 3. The predicted molar refractivity (Wildman–Crippen MR) is 217 cm³/mol. The van der Waals surface area contributed by atoms with Crippen LogP contribution in [0, 0.1) is 23.5 Å². The summed E-state index contributed by atoms with van der Waals surface area (Å²) in [5, 5.41) is 3.53. The van der Waals surface area contributed by atoms with E-state index in [-0.39, 0.29) is 25.5 Å². The standard InChI is InChI=1S/C28H25N2O.C18H24NSi.Ir/c1-18(28(2,3)4)20-12-13-29-25(16-20)21-10-11-26-23(14-21)24-15-22(17-30-27(24)31-26)19-8-6-5-7-9-19;1-14(2)11-16-12-17(15-9-7-6-8-10-15)19-13-18(16)20(3,4)5;/h5-9,11-18H,1-4H3;6-9,12-14H,11H2,1-5H3;/q2*-1;. The molecule has 0 saturated carbocycles. The van der Waals surface area contributed by atoms with Crippen LogP contribution >= 0.6 is 0 Å². The smallest absolute Gasteiger partial charge is 0.216 e. The third-order valence-corrected chi connectivity index (χ3v) is 11.7. The van der Waals surface area contributed by atoms with Gasteiger partial charge in [0.15, 0.2) is 0 Å². The predicted octanol–water partition coefficient (Wildman–Crippen LogP) is 11.9. The van der Waals surface area contributed by atoms with Crippen LogP contribution < -0.4 is 5.19 Å².